The first-order chi connectivity index (χ1) is 20.6. The average molecular weight is 603 g/mol. The molecule has 0 amide bonds. The second kappa shape index (κ2) is 11.7. The molecule has 44 heavy (non-hydrogen) atoms. The van der Waals surface area contributed by atoms with Crippen LogP contribution in [0, 0.1) is 31.6 Å². The fourth-order valence-electron chi connectivity index (χ4n) is 6.62. The summed E-state index contributed by atoms with van der Waals surface area (Å²) in [6.45, 7) is 9.65. The van der Waals surface area contributed by atoms with Crippen molar-refractivity contribution < 1.29 is 29.3 Å². The molecule has 1 saturated heterocycles. The number of ether oxygens (including phenoxy) is 1. The van der Waals surface area contributed by atoms with Crippen LogP contribution in [0.5, 0.6) is 0 Å². The molecule has 8 bridgehead atoms. The first kappa shape index (κ1) is 31.2. The Morgan fingerprint density at radius 1 is 1.07 bits per heavy atom. The minimum Gasteiger partial charge on any atom is -0.681 e. The van der Waals surface area contributed by atoms with Crippen LogP contribution in [0.25, 0.3) is 41.5 Å². The number of nitrogens with zero attached hydrogens (tertiary/aromatic N) is 4. The number of fused-ring (bicyclic) bond motifs is 8. The Morgan fingerprint density at radius 2 is 1.82 bits per heavy atom. The van der Waals surface area contributed by atoms with Crippen molar-refractivity contribution in [2.24, 2.45) is 17.8 Å². The number of esters is 1. The van der Waals surface area contributed by atoms with E-state index in [2.05, 4.69) is 6.58 Å². The zero-order valence-electron chi connectivity index (χ0n) is 24.9. The standard InChI is InChI=1S/C33H30N4O6.Mg/c1-6-19-14(2)22-11-23-15(3)20(7-8-26(39)40)30(36-23)28-29(33(42)43-5)32(41)27-16(4)21(37-31(27)28)10-18-9-17(13-38)24(34-18)12-25(19)35-22;/h6,9-13,15,20,29-30H,1,7-8H2,2-5H3,(H,38,41)(H,39,40);/q-4;+2/b23-11-,24-12-;/t15-,20-,29+,30?;/m0./s1. The van der Waals surface area contributed by atoms with Gasteiger partial charge in [-0.25, -0.2) is 0 Å². The summed E-state index contributed by atoms with van der Waals surface area (Å²) in [6, 6.07) is 1.03. The number of hydrogen-bond acceptors (Lipinski definition) is 5. The van der Waals surface area contributed by atoms with E-state index >= 15 is 0 Å². The van der Waals surface area contributed by atoms with Crippen LogP contribution in [0.1, 0.15) is 63.9 Å². The molecule has 0 aromatic carbocycles. The van der Waals surface area contributed by atoms with Crippen LogP contribution in [0.15, 0.2) is 18.3 Å². The van der Waals surface area contributed by atoms with E-state index in [4.69, 9.17) is 25.0 Å². The molecular weight excluding hydrogens is 573 g/mol. The molecule has 6 rings (SSSR count). The second-order valence-corrected chi connectivity index (χ2v) is 11.2. The largest absolute Gasteiger partial charge is 2.00 e. The Hall–Kier alpha value is -4.22. The number of hydrogen-bond donors (Lipinski definition) is 2. The van der Waals surface area contributed by atoms with E-state index in [1.165, 1.54) is 7.11 Å². The van der Waals surface area contributed by atoms with E-state index in [1.54, 1.807) is 31.2 Å². The van der Waals surface area contributed by atoms with Crippen LogP contribution in [0.4, 0.5) is 0 Å². The number of carboxylic acid groups (broad SMARTS) is 1. The maximum absolute atomic E-state index is 13.9. The Kier molecular flexibility index (Phi) is 8.30. The van der Waals surface area contributed by atoms with Crippen LogP contribution in [0.2, 0.25) is 0 Å². The van der Waals surface area contributed by atoms with Crippen LogP contribution in [-0.4, -0.2) is 64.1 Å². The molecule has 3 aliphatic rings. The van der Waals surface area contributed by atoms with Crippen molar-refractivity contribution in [1.29, 1.82) is 0 Å². The average Bonchev–Trinajstić information content (AvgIpc) is 3.73. The molecular formula is C33H30MgN4O6-2. The van der Waals surface area contributed by atoms with E-state index in [1.807, 2.05) is 19.9 Å². The van der Waals surface area contributed by atoms with Gasteiger partial charge in [-0.3, -0.25) is 14.4 Å². The third kappa shape index (κ3) is 4.84. The summed E-state index contributed by atoms with van der Waals surface area (Å²) in [6.07, 6.45) is 8.28. The summed E-state index contributed by atoms with van der Waals surface area (Å²) in [5.41, 5.74) is 5.51. The van der Waals surface area contributed by atoms with Gasteiger partial charge in [0.05, 0.1) is 13.4 Å². The number of ketones is 1. The number of aliphatic carboxylic acids is 1. The van der Waals surface area contributed by atoms with Crippen LogP contribution in [0.3, 0.4) is 0 Å². The Balaban J connectivity index is 0.00000384. The molecule has 2 aliphatic heterocycles. The number of aromatic nitrogens is 3. The predicted octanol–water partition coefficient (Wildman–Crippen LogP) is 0.755. The summed E-state index contributed by atoms with van der Waals surface area (Å²) >= 11 is 0. The maximum atomic E-state index is 13.9. The molecule has 0 saturated carbocycles. The molecule has 222 valence electrons. The number of Topliss-reactive ketones (excluding diaryl/α,β-unsaturated/α-hetero) is 1. The molecule has 2 N–H and O–H groups in total. The molecule has 3 aromatic rings. The fourth-order valence-corrected chi connectivity index (χ4v) is 6.62. The molecule has 11 heteroatoms. The normalized spacial score (nSPS) is 24.7. The molecule has 0 spiro atoms. The van der Waals surface area contributed by atoms with E-state index in [9.17, 15) is 24.6 Å². The molecule has 5 heterocycles. The van der Waals surface area contributed by atoms with Gasteiger partial charge in [0.2, 0.25) is 0 Å². The number of carboxylic acids is 1. The molecule has 0 radical (unpaired) electrons. The molecule has 3 aromatic heterocycles. The maximum Gasteiger partial charge on any atom is 2.00 e. The first-order valence-corrected chi connectivity index (χ1v) is 14.0. The van der Waals surface area contributed by atoms with Gasteiger partial charge in [0.25, 0.3) is 0 Å². The van der Waals surface area contributed by atoms with Gasteiger partial charge in [0.1, 0.15) is 5.92 Å². The molecule has 10 nitrogen and oxygen atoms in total. The summed E-state index contributed by atoms with van der Waals surface area (Å²) in [7, 11) is 1.24. The first-order valence-electron chi connectivity index (χ1n) is 14.0. The molecule has 1 unspecified atom stereocenters. The second-order valence-electron chi connectivity index (χ2n) is 11.2. The molecule has 1 aliphatic carbocycles. The minimum atomic E-state index is -1.23. The SMILES string of the molecule is C=Cc1c2[n-]c(c1C)/C=C1\[N-]C(C3=c4[n-]/c(c(C)c4C(=O)[C@@H]3C(=O)OC)=C\c3cc(=C\O)/c([n-]3)=C/2)[C@@H](CCC(=O)O)[C@@H]1C.[Mg+2]. The van der Waals surface area contributed by atoms with Gasteiger partial charge < -0.3 is 35.2 Å². The monoisotopic (exact) mass is 602 g/mol. The van der Waals surface area contributed by atoms with Crippen LogP contribution >= 0.6 is 0 Å². The third-order valence-corrected chi connectivity index (χ3v) is 8.91. The number of rotatable bonds is 5. The topological polar surface area (TPSA) is 157 Å². The van der Waals surface area contributed by atoms with E-state index in [0.717, 1.165) is 17.4 Å². The van der Waals surface area contributed by atoms with Crippen molar-refractivity contribution in [3.8, 4) is 0 Å². The van der Waals surface area contributed by atoms with Gasteiger partial charge in [0.15, 0.2) is 5.78 Å². The summed E-state index contributed by atoms with van der Waals surface area (Å²) in [4.78, 5) is 53.1. The number of aliphatic hydroxyl groups is 1. The van der Waals surface area contributed by atoms with Crippen molar-refractivity contribution >= 4 is 76.9 Å². The van der Waals surface area contributed by atoms with Gasteiger partial charge in [-0.15, -0.1) is 33.1 Å². The number of aliphatic hydroxyl groups excluding tert-OH is 1. The van der Waals surface area contributed by atoms with Gasteiger partial charge in [-0.1, -0.05) is 66.6 Å². The number of methoxy groups -OCH3 is 1. The predicted molar refractivity (Wildman–Crippen MR) is 165 cm³/mol. The van der Waals surface area contributed by atoms with Crippen molar-refractivity contribution in [2.75, 3.05) is 7.11 Å². The Bertz CT molecular complexity index is 2010. The Labute approximate surface area is 269 Å². The quantitative estimate of drug-likeness (QED) is 0.244. The molecule has 1 fully saturated rings. The summed E-state index contributed by atoms with van der Waals surface area (Å²) < 4.78 is 5.08. The third-order valence-electron chi connectivity index (χ3n) is 8.91. The van der Waals surface area contributed by atoms with E-state index < -0.39 is 29.7 Å². The van der Waals surface area contributed by atoms with Gasteiger partial charge in [-0.05, 0) is 42.9 Å². The smallest absolute Gasteiger partial charge is 0.681 e. The van der Waals surface area contributed by atoms with Gasteiger partial charge in [0, 0.05) is 12.0 Å². The van der Waals surface area contributed by atoms with E-state index in [-0.39, 0.29) is 47.7 Å². The minimum absolute atomic E-state index is 0. The van der Waals surface area contributed by atoms with E-state index in [0.29, 0.717) is 60.7 Å². The van der Waals surface area contributed by atoms with Crippen molar-refractivity contribution in [3.63, 3.8) is 0 Å². The fraction of sp³-hybridized carbons (Fsp3) is 0.303. The number of carbonyl (C=O) groups excluding carboxylic acids is 2. The van der Waals surface area contributed by atoms with Crippen LogP contribution in [-0.2, 0) is 14.3 Å². The van der Waals surface area contributed by atoms with Gasteiger partial charge >= 0.3 is 35.0 Å². The number of carbonyl (C=O) groups is 3. The number of allylic oxidation sites excluding steroid dienone is 1. The molecule has 4 atom stereocenters. The Morgan fingerprint density at radius 3 is 2.48 bits per heavy atom. The summed E-state index contributed by atoms with van der Waals surface area (Å²) in [5.74, 6) is -3.81. The zero-order chi connectivity index (χ0) is 30.7. The zero-order valence-corrected chi connectivity index (χ0v) is 26.3. The van der Waals surface area contributed by atoms with Crippen molar-refractivity contribution in [1.82, 2.24) is 15.0 Å². The summed E-state index contributed by atoms with van der Waals surface area (Å²) in [5, 5.41) is 26.5. The van der Waals surface area contributed by atoms with Gasteiger partial charge in [-0.2, -0.15) is 5.70 Å². The van der Waals surface area contributed by atoms with Crippen molar-refractivity contribution in [2.45, 2.75) is 39.7 Å². The van der Waals surface area contributed by atoms with Crippen molar-refractivity contribution in [3.05, 3.63) is 84.3 Å². The van der Waals surface area contributed by atoms with Crippen LogP contribution < -0.4 is 36.2 Å².